The van der Waals surface area contributed by atoms with Crippen molar-refractivity contribution in [3.05, 3.63) is 53.6 Å². The topological polar surface area (TPSA) is 67.9 Å². The summed E-state index contributed by atoms with van der Waals surface area (Å²) in [7, 11) is 3.09. The van der Waals surface area contributed by atoms with Gasteiger partial charge in [-0.2, -0.15) is 0 Å². The molecule has 28 heavy (non-hydrogen) atoms. The van der Waals surface area contributed by atoms with Crippen LogP contribution in [0.4, 0.5) is 5.69 Å². The minimum atomic E-state index is -0.310. The van der Waals surface area contributed by atoms with Crippen LogP contribution < -0.4 is 14.8 Å². The zero-order chi connectivity index (χ0) is 20.5. The number of ether oxygens (including phenoxy) is 2. The average Bonchev–Trinajstić information content (AvgIpc) is 2.73. The second kappa shape index (κ2) is 10.3. The van der Waals surface area contributed by atoms with E-state index in [1.54, 1.807) is 49.6 Å². The first-order chi connectivity index (χ1) is 13.5. The van der Waals surface area contributed by atoms with Crippen molar-refractivity contribution >= 4 is 17.5 Å². The predicted octanol–water partition coefficient (Wildman–Crippen LogP) is 4.22. The Morgan fingerprint density at radius 2 is 1.61 bits per heavy atom. The molecule has 150 valence electrons. The summed E-state index contributed by atoms with van der Waals surface area (Å²) >= 11 is 0. The SMILES string of the molecule is CCCN(CCC)C(=O)c1cccc(C(=O)Nc2ccc(OC)cc2OC)c1. The molecule has 0 unspecified atom stereocenters. The van der Waals surface area contributed by atoms with Crippen LogP contribution in [0.2, 0.25) is 0 Å². The zero-order valence-corrected chi connectivity index (χ0v) is 17.0. The van der Waals surface area contributed by atoms with Gasteiger partial charge in [-0.3, -0.25) is 9.59 Å². The molecular formula is C22H28N2O4. The Kier molecular flexibility index (Phi) is 7.87. The van der Waals surface area contributed by atoms with E-state index in [-0.39, 0.29) is 11.8 Å². The molecule has 0 radical (unpaired) electrons. The number of anilines is 1. The number of benzene rings is 2. The van der Waals surface area contributed by atoms with Crippen molar-refractivity contribution in [1.29, 1.82) is 0 Å². The number of hydrogen-bond donors (Lipinski definition) is 1. The second-order valence-electron chi connectivity index (χ2n) is 6.39. The summed E-state index contributed by atoms with van der Waals surface area (Å²) in [6.07, 6.45) is 1.78. The van der Waals surface area contributed by atoms with Gasteiger partial charge in [-0.25, -0.2) is 0 Å². The van der Waals surface area contributed by atoms with Crippen LogP contribution in [-0.4, -0.2) is 44.0 Å². The highest BCUT2D eigenvalue weighted by atomic mass is 16.5. The number of carbonyl (C=O) groups is 2. The van der Waals surface area contributed by atoms with Gasteiger partial charge in [0.2, 0.25) is 0 Å². The fraction of sp³-hybridized carbons (Fsp3) is 0.364. The molecule has 0 heterocycles. The molecule has 2 aromatic rings. The average molecular weight is 384 g/mol. The Balaban J connectivity index is 2.21. The first kappa shape index (κ1) is 21.3. The number of carbonyl (C=O) groups excluding carboxylic acids is 2. The van der Waals surface area contributed by atoms with Crippen LogP contribution >= 0.6 is 0 Å². The standard InChI is InChI=1S/C22H28N2O4/c1-5-12-24(13-6-2)22(26)17-9-7-8-16(14-17)21(25)23-19-11-10-18(27-3)15-20(19)28-4/h7-11,14-15H,5-6,12-13H2,1-4H3,(H,23,25). The van der Waals surface area contributed by atoms with Crippen molar-refractivity contribution in [3.63, 3.8) is 0 Å². The van der Waals surface area contributed by atoms with E-state index in [2.05, 4.69) is 5.32 Å². The monoisotopic (exact) mass is 384 g/mol. The molecule has 6 nitrogen and oxygen atoms in total. The van der Waals surface area contributed by atoms with Crippen LogP contribution in [0, 0.1) is 0 Å². The summed E-state index contributed by atoms with van der Waals surface area (Å²) in [5.74, 6) is 0.766. The molecule has 2 amide bonds. The molecular weight excluding hydrogens is 356 g/mol. The normalized spacial score (nSPS) is 10.3. The van der Waals surface area contributed by atoms with E-state index in [1.807, 2.05) is 18.7 Å². The Morgan fingerprint density at radius 1 is 0.929 bits per heavy atom. The summed E-state index contributed by atoms with van der Waals surface area (Å²) in [5, 5.41) is 2.83. The molecule has 0 saturated heterocycles. The summed E-state index contributed by atoms with van der Waals surface area (Å²) in [6, 6.07) is 11.9. The smallest absolute Gasteiger partial charge is 0.255 e. The van der Waals surface area contributed by atoms with Crippen molar-refractivity contribution in [2.45, 2.75) is 26.7 Å². The Hall–Kier alpha value is -3.02. The lowest BCUT2D eigenvalue weighted by Crippen LogP contribution is -2.32. The van der Waals surface area contributed by atoms with Crippen LogP contribution in [-0.2, 0) is 0 Å². The van der Waals surface area contributed by atoms with E-state index >= 15 is 0 Å². The van der Waals surface area contributed by atoms with Crippen molar-refractivity contribution < 1.29 is 19.1 Å². The lowest BCUT2D eigenvalue weighted by Gasteiger charge is -2.21. The molecule has 2 rings (SSSR count). The minimum absolute atomic E-state index is 0.0552. The number of methoxy groups -OCH3 is 2. The fourth-order valence-corrected chi connectivity index (χ4v) is 2.93. The van der Waals surface area contributed by atoms with Crippen LogP contribution in [0.5, 0.6) is 11.5 Å². The van der Waals surface area contributed by atoms with Gasteiger partial charge in [-0.15, -0.1) is 0 Å². The maximum Gasteiger partial charge on any atom is 0.255 e. The Bertz CT molecular complexity index is 814. The third-order valence-corrected chi connectivity index (χ3v) is 4.30. The Labute approximate surface area is 166 Å². The van der Waals surface area contributed by atoms with Crippen LogP contribution in [0.25, 0.3) is 0 Å². The lowest BCUT2D eigenvalue weighted by molar-refractivity contribution is 0.0755. The summed E-state index contributed by atoms with van der Waals surface area (Å²) in [5.41, 5.74) is 1.46. The number of nitrogens with zero attached hydrogens (tertiary/aromatic N) is 1. The van der Waals surface area contributed by atoms with Gasteiger partial charge in [0, 0.05) is 30.3 Å². The van der Waals surface area contributed by atoms with Crippen LogP contribution in [0.1, 0.15) is 47.4 Å². The molecule has 1 N–H and O–H groups in total. The maximum atomic E-state index is 12.8. The summed E-state index contributed by atoms with van der Waals surface area (Å²) in [6.45, 7) is 5.49. The third kappa shape index (κ3) is 5.25. The molecule has 2 aromatic carbocycles. The highest BCUT2D eigenvalue weighted by Gasteiger charge is 2.17. The van der Waals surface area contributed by atoms with Gasteiger partial charge in [0.1, 0.15) is 11.5 Å². The molecule has 0 atom stereocenters. The molecule has 6 heteroatoms. The van der Waals surface area contributed by atoms with E-state index in [1.165, 1.54) is 7.11 Å². The molecule has 0 saturated carbocycles. The van der Waals surface area contributed by atoms with E-state index in [9.17, 15) is 9.59 Å². The van der Waals surface area contributed by atoms with Crippen molar-refractivity contribution in [3.8, 4) is 11.5 Å². The van der Waals surface area contributed by atoms with Crippen molar-refractivity contribution in [2.24, 2.45) is 0 Å². The number of nitrogens with one attached hydrogen (secondary N) is 1. The Morgan fingerprint density at radius 3 is 2.21 bits per heavy atom. The number of hydrogen-bond acceptors (Lipinski definition) is 4. The molecule has 0 aliphatic carbocycles. The van der Waals surface area contributed by atoms with Gasteiger partial charge in [0.15, 0.2) is 0 Å². The quantitative estimate of drug-likeness (QED) is 0.703. The van der Waals surface area contributed by atoms with E-state index < -0.39 is 0 Å². The van der Waals surface area contributed by atoms with Gasteiger partial charge in [0.05, 0.1) is 19.9 Å². The maximum absolute atomic E-state index is 12.8. The third-order valence-electron chi connectivity index (χ3n) is 4.30. The second-order valence-corrected chi connectivity index (χ2v) is 6.39. The molecule has 0 spiro atoms. The highest BCUT2D eigenvalue weighted by molar-refractivity contribution is 6.06. The van der Waals surface area contributed by atoms with Gasteiger partial charge in [-0.05, 0) is 43.2 Å². The molecule has 0 aromatic heterocycles. The van der Waals surface area contributed by atoms with Crippen LogP contribution in [0.15, 0.2) is 42.5 Å². The van der Waals surface area contributed by atoms with Crippen molar-refractivity contribution in [2.75, 3.05) is 32.6 Å². The van der Waals surface area contributed by atoms with Gasteiger partial charge < -0.3 is 19.7 Å². The van der Waals surface area contributed by atoms with E-state index in [0.29, 0.717) is 41.4 Å². The lowest BCUT2D eigenvalue weighted by atomic mass is 10.1. The first-order valence-electron chi connectivity index (χ1n) is 9.46. The fourth-order valence-electron chi connectivity index (χ4n) is 2.93. The highest BCUT2D eigenvalue weighted by Crippen LogP contribution is 2.29. The van der Waals surface area contributed by atoms with Crippen molar-refractivity contribution in [1.82, 2.24) is 4.90 Å². The van der Waals surface area contributed by atoms with Gasteiger partial charge in [0.25, 0.3) is 11.8 Å². The van der Waals surface area contributed by atoms with Gasteiger partial charge >= 0.3 is 0 Å². The molecule has 0 aliphatic heterocycles. The number of amides is 2. The van der Waals surface area contributed by atoms with Crippen LogP contribution in [0.3, 0.4) is 0 Å². The summed E-state index contributed by atoms with van der Waals surface area (Å²) < 4.78 is 10.5. The summed E-state index contributed by atoms with van der Waals surface area (Å²) in [4.78, 5) is 27.3. The predicted molar refractivity (Wildman–Crippen MR) is 110 cm³/mol. The largest absolute Gasteiger partial charge is 0.497 e. The minimum Gasteiger partial charge on any atom is -0.497 e. The molecule has 0 fully saturated rings. The first-order valence-corrected chi connectivity index (χ1v) is 9.46. The van der Waals surface area contributed by atoms with E-state index in [4.69, 9.17) is 9.47 Å². The molecule has 0 aliphatic rings. The number of rotatable bonds is 9. The molecule has 0 bridgehead atoms. The van der Waals surface area contributed by atoms with Gasteiger partial charge in [-0.1, -0.05) is 19.9 Å². The zero-order valence-electron chi connectivity index (χ0n) is 17.0. The van der Waals surface area contributed by atoms with E-state index in [0.717, 1.165) is 12.8 Å².